The molecule has 0 fully saturated rings. The summed E-state index contributed by atoms with van der Waals surface area (Å²) in [4.78, 5) is 0. The zero-order valence-corrected chi connectivity index (χ0v) is 8.90. The Hall–Kier alpha value is 0.230. The minimum Gasteiger partial charge on any atom is -0.487 e. The molecule has 0 spiro atoms. The highest BCUT2D eigenvalue weighted by atomic mass is 127. The maximum atomic E-state index is 5.16. The van der Waals surface area contributed by atoms with Crippen molar-refractivity contribution in [2.24, 2.45) is 0 Å². The quantitative estimate of drug-likeness (QED) is 0.591. The monoisotopic (exact) mass is 268 g/mol. The summed E-state index contributed by atoms with van der Waals surface area (Å²) in [6.45, 7) is 2.16. The molecule has 1 rings (SSSR count). The highest BCUT2D eigenvalue weighted by molar-refractivity contribution is 14.1. The van der Waals surface area contributed by atoms with Crippen molar-refractivity contribution in [1.82, 2.24) is 0 Å². The molecule has 0 aliphatic carbocycles. The predicted molar refractivity (Wildman–Crippen MR) is 53.3 cm³/mol. The maximum Gasteiger partial charge on any atom is 0.177 e. The molecule has 0 saturated heterocycles. The number of thiophene rings is 1. The topological polar surface area (TPSA) is 9.23 Å². The van der Waals surface area contributed by atoms with E-state index in [4.69, 9.17) is 4.74 Å². The van der Waals surface area contributed by atoms with E-state index < -0.39 is 0 Å². The van der Waals surface area contributed by atoms with Crippen molar-refractivity contribution < 1.29 is 4.74 Å². The molecule has 1 aromatic heterocycles. The number of alkyl halides is 1. The predicted octanol–water partition coefficient (Wildman–Crippen LogP) is 3.25. The van der Waals surface area contributed by atoms with Gasteiger partial charge in [0.15, 0.2) is 5.06 Å². The molecule has 1 nitrogen and oxygen atoms in total. The third-order valence-electron chi connectivity index (χ3n) is 1.27. The van der Waals surface area contributed by atoms with Crippen LogP contribution in [0.4, 0.5) is 0 Å². The molecular weight excluding hydrogens is 259 g/mol. The fourth-order valence-electron chi connectivity index (χ4n) is 0.766. The van der Waals surface area contributed by atoms with Gasteiger partial charge in [-0.25, -0.2) is 0 Å². The average molecular weight is 268 g/mol. The maximum absolute atomic E-state index is 5.16. The Bertz CT molecular complexity index is 207. The Kier molecular flexibility index (Phi) is 2.97. The van der Waals surface area contributed by atoms with Crippen molar-refractivity contribution in [2.75, 3.05) is 7.11 Å². The molecule has 0 saturated carbocycles. The number of rotatable bonds is 2. The summed E-state index contributed by atoms with van der Waals surface area (Å²) in [5, 5.41) is 3.10. The van der Waals surface area contributed by atoms with Gasteiger partial charge in [0.1, 0.15) is 0 Å². The van der Waals surface area contributed by atoms with E-state index in [2.05, 4.69) is 41.0 Å². The Morgan fingerprint density at radius 3 is 2.80 bits per heavy atom. The number of hydrogen-bond acceptors (Lipinski definition) is 2. The van der Waals surface area contributed by atoms with Crippen LogP contribution in [0, 0.1) is 0 Å². The number of halogens is 1. The van der Waals surface area contributed by atoms with E-state index >= 15 is 0 Å². The fraction of sp³-hybridized carbons (Fsp3) is 0.429. The van der Waals surface area contributed by atoms with Gasteiger partial charge in [-0.05, 0) is 18.4 Å². The van der Waals surface area contributed by atoms with E-state index in [1.807, 2.05) is 0 Å². The largest absolute Gasteiger partial charge is 0.487 e. The molecule has 1 unspecified atom stereocenters. The molecule has 1 atom stereocenters. The van der Waals surface area contributed by atoms with Crippen LogP contribution in [0.2, 0.25) is 0 Å². The molecule has 0 aliphatic rings. The summed E-state index contributed by atoms with van der Waals surface area (Å²) in [6, 6.07) is 2.11. The van der Waals surface area contributed by atoms with Gasteiger partial charge in [0, 0.05) is 9.49 Å². The van der Waals surface area contributed by atoms with Crippen LogP contribution in [0.3, 0.4) is 0 Å². The first-order chi connectivity index (χ1) is 4.75. The molecule has 1 aromatic rings. The lowest BCUT2D eigenvalue weighted by Gasteiger charge is -2.02. The Morgan fingerprint density at radius 2 is 2.40 bits per heavy atom. The summed E-state index contributed by atoms with van der Waals surface area (Å²) in [5.74, 6) is 0. The van der Waals surface area contributed by atoms with Crippen molar-refractivity contribution in [1.29, 1.82) is 0 Å². The van der Waals surface area contributed by atoms with Crippen LogP contribution in [0.1, 0.15) is 16.4 Å². The molecule has 10 heavy (non-hydrogen) atoms. The van der Waals surface area contributed by atoms with E-state index in [1.165, 1.54) is 5.56 Å². The standard InChI is InChI=1S/C7H9IOS/c1-5(8)6-3-4-10-7(6)9-2/h3-5H,1-2H3. The zero-order chi connectivity index (χ0) is 7.56. The van der Waals surface area contributed by atoms with Gasteiger partial charge in [-0.15, -0.1) is 11.3 Å². The molecule has 56 valence electrons. The smallest absolute Gasteiger partial charge is 0.177 e. The summed E-state index contributed by atoms with van der Waals surface area (Å²) < 4.78 is 5.70. The molecule has 3 heteroatoms. The molecule has 0 amide bonds. The zero-order valence-electron chi connectivity index (χ0n) is 5.93. The second kappa shape index (κ2) is 3.57. The van der Waals surface area contributed by atoms with Crippen LogP contribution in [-0.4, -0.2) is 7.11 Å². The Labute approximate surface area is 78.5 Å². The first-order valence-corrected chi connectivity index (χ1v) is 5.13. The summed E-state index contributed by atoms with van der Waals surface area (Å²) in [7, 11) is 1.72. The van der Waals surface area contributed by atoms with E-state index in [0.29, 0.717) is 3.92 Å². The van der Waals surface area contributed by atoms with Gasteiger partial charge in [0.2, 0.25) is 0 Å². The summed E-state index contributed by atoms with van der Waals surface area (Å²) in [5.41, 5.74) is 1.30. The normalized spacial score (nSPS) is 13.1. The second-order valence-corrected chi connectivity index (χ2v) is 4.73. The lowest BCUT2D eigenvalue weighted by molar-refractivity contribution is 0.423. The van der Waals surface area contributed by atoms with Crippen molar-refractivity contribution in [3.05, 3.63) is 17.0 Å². The molecule has 0 N–H and O–H groups in total. The Balaban J connectivity index is 2.90. The molecule has 0 aliphatic heterocycles. The van der Waals surface area contributed by atoms with E-state index in [1.54, 1.807) is 18.4 Å². The molecule has 0 radical (unpaired) electrons. The van der Waals surface area contributed by atoms with Gasteiger partial charge in [-0.2, -0.15) is 0 Å². The first-order valence-electron chi connectivity index (χ1n) is 3.01. The van der Waals surface area contributed by atoms with Crippen molar-refractivity contribution in [3.63, 3.8) is 0 Å². The van der Waals surface area contributed by atoms with Crippen LogP contribution in [-0.2, 0) is 0 Å². The van der Waals surface area contributed by atoms with Crippen LogP contribution in [0.5, 0.6) is 5.06 Å². The van der Waals surface area contributed by atoms with Crippen molar-refractivity contribution >= 4 is 33.9 Å². The summed E-state index contributed by atoms with van der Waals surface area (Å²) in [6.07, 6.45) is 0. The lowest BCUT2D eigenvalue weighted by Crippen LogP contribution is -1.85. The number of ether oxygens (including phenoxy) is 1. The molecule has 0 bridgehead atoms. The highest BCUT2D eigenvalue weighted by Gasteiger charge is 2.07. The lowest BCUT2D eigenvalue weighted by atomic mass is 10.3. The average Bonchev–Trinajstić information content (AvgIpc) is 2.33. The first kappa shape index (κ1) is 8.33. The van der Waals surface area contributed by atoms with Crippen LogP contribution in [0.25, 0.3) is 0 Å². The second-order valence-electron chi connectivity index (χ2n) is 1.98. The van der Waals surface area contributed by atoms with Gasteiger partial charge >= 0.3 is 0 Å². The van der Waals surface area contributed by atoms with Gasteiger partial charge in [-0.3, -0.25) is 0 Å². The van der Waals surface area contributed by atoms with Gasteiger partial charge in [0.25, 0.3) is 0 Å². The number of hydrogen-bond donors (Lipinski definition) is 0. The third kappa shape index (κ3) is 1.63. The van der Waals surface area contributed by atoms with Crippen LogP contribution >= 0.6 is 33.9 Å². The fourth-order valence-corrected chi connectivity index (χ4v) is 2.28. The minimum atomic E-state index is 0.541. The van der Waals surface area contributed by atoms with Crippen molar-refractivity contribution in [3.8, 4) is 5.06 Å². The van der Waals surface area contributed by atoms with E-state index in [-0.39, 0.29) is 0 Å². The van der Waals surface area contributed by atoms with Gasteiger partial charge in [0.05, 0.1) is 7.11 Å². The summed E-state index contributed by atoms with van der Waals surface area (Å²) >= 11 is 4.03. The minimum absolute atomic E-state index is 0.541. The molecule has 1 heterocycles. The van der Waals surface area contributed by atoms with Gasteiger partial charge < -0.3 is 4.74 Å². The molecular formula is C7H9IOS. The van der Waals surface area contributed by atoms with Gasteiger partial charge in [-0.1, -0.05) is 22.6 Å². The van der Waals surface area contributed by atoms with E-state index in [0.717, 1.165) is 5.06 Å². The van der Waals surface area contributed by atoms with Crippen LogP contribution < -0.4 is 4.74 Å². The van der Waals surface area contributed by atoms with Crippen LogP contribution in [0.15, 0.2) is 11.4 Å². The third-order valence-corrected chi connectivity index (χ3v) is 2.83. The van der Waals surface area contributed by atoms with E-state index in [9.17, 15) is 0 Å². The molecule has 0 aromatic carbocycles. The highest BCUT2D eigenvalue weighted by Crippen LogP contribution is 2.35. The Morgan fingerprint density at radius 1 is 1.70 bits per heavy atom. The SMILES string of the molecule is COc1sccc1C(C)I. The number of methoxy groups -OCH3 is 1. The van der Waals surface area contributed by atoms with Crippen molar-refractivity contribution in [2.45, 2.75) is 10.8 Å².